The van der Waals surface area contributed by atoms with Gasteiger partial charge in [-0.2, -0.15) is 4.31 Å². The lowest BCUT2D eigenvalue weighted by atomic mass is 9.82. The summed E-state index contributed by atoms with van der Waals surface area (Å²) in [7, 11) is -3.65. The predicted molar refractivity (Wildman–Crippen MR) is 184 cm³/mol. The van der Waals surface area contributed by atoms with Crippen molar-refractivity contribution < 1.29 is 31.5 Å². The highest BCUT2D eigenvalue weighted by molar-refractivity contribution is 7.90. The minimum absolute atomic E-state index is 0.0763. The van der Waals surface area contributed by atoms with Gasteiger partial charge in [0, 0.05) is 48.7 Å². The van der Waals surface area contributed by atoms with E-state index in [1.165, 1.54) is 27.5 Å². The zero-order valence-electron chi connectivity index (χ0n) is 28.1. The zero-order chi connectivity index (χ0) is 35.7. The van der Waals surface area contributed by atoms with Gasteiger partial charge in [0.1, 0.15) is 17.2 Å². The maximum Gasteiger partial charge on any atom is 0.410 e. The summed E-state index contributed by atoms with van der Waals surface area (Å²) in [5.41, 5.74) is 7.56. The Morgan fingerprint density at radius 3 is 2.39 bits per heavy atom. The molecule has 13 heteroatoms. The first-order valence-corrected chi connectivity index (χ1v) is 18.3. The smallest absolute Gasteiger partial charge is 0.410 e. The molecule has 1 saturated carbocycles. The fourth-order valence-electron chi connectivity index (χ4n) is 6.57. The Labute approximate surface area is 291 Å². The first-order chi connectivity index (χ1) is 23.0. The number of piperazine rings is 1. The van der Waals surface area contributed by atoms with Crippen molar-refractivity contribution in [3.63, 3.8) is 0 Å². The van der Waals surface area contributed by atoms with Crippen LogP contribution in [-0.4, -0.2) is 76.5 Å². The van der Waals surface area contributed by atoms with Crippen LogP contribution in [0.25, 0.3) is 0 Å². The second kappa shape index (κ2) is 14.8. The van der Waals surface area contributed by atoms with E-state index >= 15 is 4.39 Å². The van der Waals surface area contributed by atoms with Crippen LogP contribution in [0.15, 0.2) is 60.9 Å². The van der Waals surface area contributed by atoms with Crippen LogP contribution < -0.4 is 5.73 Å². The van der Waals surface area contributed by atoms with Crippen molar-refractivity contribution in [1.29, 1.82) is 0 Å². The van der Waals surface area contributed by atoms with Crippen LogP contribution in [0.2, 0.25) is 5.02 Å². The maximum absolute atomic E-state index is 15.5. The number of nitrogens with zero attached hydrogens (tertiary/aromatic N) is 3. The van der Waals surface area contributed by atoms with Crippen LogP contribution in [0.5, 0.6) is 0 Å². The Morgan fingerprint density at radius 2 is 1.76 bits per heavy atom. The molecule has 2 heterocycles. The molecule has 2 aliphatic rings. The molecule has 0 bridgehead atoms. The monoisotopic (exact) mass is 716 g/mol. The molecule has 0 spiro atoms. The second-order valence-electron chi connectivity index (χ2n) is 14.0. The molecule has 2 N–H and O–H groups in total. The molecule has 1 saturated heterocycles. The van der Waals surface area contributed by atoms with E-state index in [-0.39, 0.29) is 37.9 Å². The van der Waals surface area contributed by atoms with Crippen LogP contribution in [0.3, 0.4) is 0 Å². The topological polar surface area (TPSA) is 123 Å². The van der Waals surface area contributed by atoms with Gasteiger partial charge >= 0.3 is 6.09 Å². The van der Waals surface area contributed by atoms with Gasteiger partial charge in [-0.15, -0.1) is 0 Å². The number of pyridine rings is 1. The van der Waals surface area contributed by atoms with Crippen molar-refractivity contribution in [2.24, 2.45) is 5.73 Å². The largest absolute Gasteiger partial charge is 0.444 e. The Balaban J connectivity index is 1.39. The Bertz CT molecular complexity index is 1780. The number of rotatable bonds is 11. The van der Waals surface area contributed by atoms with Gasteiger partial charge in [-0.3, -0.25) is 9.78 Å². The Hall–Kier alpha value is -3.45. The third-order valence-electron chi connectivity index (χ3n) is 8.96. The first-order valence-electron chi connectivity index (χ1n) is 16.5. The van der Waals surface area contributed by atoms with Crippen LogP contribution in [0.4, 0.5) is 13.6 Å². The summed E-state index contributed by atoms with van der Waals surface area (Å²) in [6.45, 7) is 7.28. The molecule has 2 fully saturated rings. The lowest BCUT2D eigenvalue weighted by Gasteiger charge is -2.45. The summed E-state index contributed by atoms with van der Waals surface area (Å²) < 4.78 is 64.1. The molecule has 1 aromatic heterocycles. The highest BCUT2D eigenvalue weighted by Crippen LogP contribution is 2.36. The minimum Gasteiger partial charge on any atom is -0.444 e. The maximum atomic E-state index is 15.5. The van der Waals surface area contributed by atoms with Crippen molar-refractivity contribution in [2.45, 2.75) is 94.7 Å². The first kappa shape index (κ1) is 36.8. The van der Waals surface area contributed by atoms with Crippen molar-refractivity contribution in [3.05, 3.63) is 99.8 Å². The standard InChI is InChI=1S/C36H43ClF2N4O5S/c1-22-20-42(35(45)48-36(2,3)4)21-28(43(22)49(46,47)29-13-14-29)12-15-30-25(18-41-19-31(30)39)17-32(44)34(40)33(23-8-10-26(37)11-9-23)24-6-5-7-27(38)16-24/h5-11,16,18-19,22,28-29,33-34H,12-15,17,20-21,40H2,1-4H3/t22-,28-,33-,34+/m0/s1. The molecule has 1 aliphatic carbocycles. The number of carbonyl (C=O) groups excluding carboxylic acids is 2. The molecular formula is C36H43ClF2N4O5S. The van der Waals surface area contributed by atoms with E-state index in [0.717, 1.165) is 6.20 Å². The van der Waals surface area contributed by atoms with E-state index in [0.29, 0.717) is 34.6 Å². The fourth-order valence-corrected chi connectivity index (χ4v) is 8.93. The number of Topliss-reactive ketones (excluding diaryl/α,β-unsaturated/α-hetero) is 1. The van der Waals surface area contributed by atoms with E-state index in [9.17, 15) is 22.4 Å². The van der Waals surface area contributed by atoms with Crippen molar-refractivity contribution in [1.82, 2.24) is 14.2 Å². The second-order valence-corrected chi connectivity index (χ2v) is 16.6. The van der Waals surface area contributed by atoms with Gasteiger partial charge in [0.15, 0.2) is 5.78 Å². The summed E-state index contributed by atoms with van der Waals surface area (Å²) in [4.78, 5) is 32.4. The number of carbonyl (C=O) groups is 2. The quantitative estimate of drug-likeness (QED) is 0.258. The summed E-state index contributed by atoms with van der Waals surface area (Å²) in [6.07, 6.45) is 3.08. The molecule has 1 amide bonds. The Morgan fingerprint density at radius 1 is 1.06 bits per heavy atom. The number of aromatic nitrogens is 1. The van der Waals surface area contributed by atoms with Gasteiger partial charge in [-0.05, 0) is 99.9 Å². The molecule has 1 aliphatic heterocycles. The van der Waals surface area contributed by atoms with Gasteiger partial charge in [-0.25, -0.2) is 22.0 Å². The molecule has 0 unspecified atom stereocenters. The number of nitrogens with two attached hydrogens (primary N) is 1. The summed E-state index contributed by atoms with van der Waals surface area (Å²) in [6, 6.07) is 10.4. The van der Waals surface area contributed by atoms with E-state index in [1.807, 2.05) is 0 Å². The lowest BCUT2D eigenvalue weighted by molar-refractivity contribution is -0.120. The molecule has 5 rings (SSSR count). The average molecular weight is 717 g/mol. The molecule has 2 aromatic carbocycles. The predicted octanol–water partition coefficient (Wildman–Crippen LogP) is 6.02. The molecule has 264 valence electrons. The number of amides is 1. The van der Waals surface area contributed by atoms with Crippen LogP contribution in [0.1, 0.15) is 75.1 Å². The molecule has 3 aromatic rings. The molecule has 4 atom stereocenters. The number of benzene rings is 2. The normalized spacial score (nSPS) is 20.1. The van der Waals surface area contributed by atoms with Crippen LogP contribution >= 0.6 is 11.6 Å². The summed E-state index contributed by atoms with van der Waals surface area (Å²) in [5, 5.41) is 0.0201. The SMILES string of the molecule is C[C@H]1CN(C(=O)OC(C)(C)C)C[C@H](CCc2c(F)cncc2CC(=O)[C@@H](N)[C@@H](c2ccc(Cl)cc2)c2cccc(F)c2)N1S(=O)(=O)C1CC1. The fraction of sp³-hybridized carbons (Fsp3) is 0.472. The van der Waals surface area contributed by atoms with Crippen LogP contribution in [0, 0.1) is 11.6 Å². The molecular weight excluding hydrogens is 674 g/mol. The zero-order valence-corrected chi connectivity index (χ0v) is 29.7. The van der Waals surface area contributed by atoms with Gasteiger partial charge in [0.2, 0.25) is 10.0 Å². The van der Waals surface area contributed by atoms with Gasteiger partial charge < -0.3 is 15.4 Å². The summed E-state index contributed by atoms with van der Waals surface area (Å²) in [5.74, 6) is -2.25. The van der Waals surface area contributed by atoms with E-state index in [4.69, 9.17) is 22.1 Å². The minimum atomic E-state index is -3.65. The summed E-state index contributed by atoms with van der Waals surface area (Å²) >= 11 is 6.10. The van der Waals surface area contributed by atoms with Crippen molar-refractivity contribution >= 4 is 33.5 Å². The van der Waals surface area contributed by atoms with Gasteiger partial charge in [0.05, 0.1) is 17.5 Å². The number of ketones is 1. The van der Waals surface area contributed by atoms with Crippen molar-refractivity contribution in [3.8, 4) is 0 Å². The highest BCUT2D eigenvalue weighted by atomic mass is 35.5. The van der Waals surface area contributed by atoms with Crippen LogP contribution in [-0.2, 0) is 32.4 Å². The highest BCUT2D eigenvalue weighted by Gasteiger charge is 2.48. The Kier molecular flexibility index (Phi) is 11.1. The van der Waals surface area contributed by atoms with E-state index < -0.39 is 68.4 Å². The van der Waals surface area contributed by atoms with Gasteiger partial charge in [-0.1, -0.05) is 35.9 Å². The third kappa shape index (κ3) is 8.83. The number of ether oxygens (including phenoxy) is 1. The number of sulfonamides is 1. The van der Waals surface area contributed by atoms with E-state index in [1.54, 1.807) is 64.1 Å². The lowest BCUT2D eigenvalue weighted by Crippen LogP contribution is -2.61. The molecule has 49 heavy (non-hydrogen) atoms. The number of hydrogen-bond acceptors (Lipinski definition) is 7. The van der Waals surface area contributed by atoms with Gasteiger partial charge in [0.25, 0.3) is 0 Å². The number of hydrogen-bond donors (Lipinski definition) is 1. The number of halogens is 3. The van der Waals surface area contributed by atoms with Crippen molar-refractivity contribution in [2.75, 3.05) is 13.1 Å². The molecule has 0 radical (unpaired) electrons. The molecule has 9 nitrogen and oxygen atoms in total. The average Bonchev–Trinajstić information content (AvgIpc) is 3.87. The van der Waals surface area contributed by atoms with E-state index in [2.05, 4.69) is 4.98 Å². The third-order valence-corrected chi connectivity index (χ3v) is 11.8.